The van der Waals surface area contributed by atoms with Crippen molar-refractivity contribution >= 4 is 11.6 Å². The first-order valence-electron chi connectivity index (χ1n) is 11.2. The molecule has 0 spiro atoms. The van der Waals surface area contributed by atoms with Crippen LogP contribution in [-0.2, 0) is 17.9 Å². The monoisotopic (exact) mass is 443 g/mol. The Morgan fingerprint density at radius 3 is 2.18 bits per heavy atom. The molecular weight excluding hydrogens is 414 g/mol. The highest BCUT2D eigenvalue weighted by Gasteiger charge is 2.36. The minimum atomic E-state index is -0.589. The Kier molecular flexibility index (Phi) is 7.85. The van der Waals surface area contributed by atoms with Crippen molar-refractivity contribution in [1.82, 2.24) is 10.2 Å². The molecule has 1 aliphatic rings. The van der Waals surface area contributed by atoms with Crippen molar-refractivity contribution < 1.29 is 14.7 Å². The van der Waals surface area contributed by atoms with E-state index in [-0.39, 0.29) is 5.91 Å². The predicted molar refractivity (Wildman–Crippen MR) is 128 cm³/mol. The number of hydrogen-bond donors (Lipinski definition) is 2. The highest BCUT2D eigenvalue weighted by Crippen LogP contribution is 2.21. The summed E-state index contributed by atoms with van der Waals surface area (Å²) in [7, 11) is 0. The van der Waals surface area contributed by atoms with Crippen LogP contribution >= 0.6 is 0 Å². The first kappa shape index (κ1) is 22.7. The maximum Gasteiger partial charge on any atom is 0.252 e. The second-order valence-electron chi connectivity index (χ2n) is 8.15. The summed E-state index contributed by atoms with van der Waals surface area (Å²) in [5, 5.41) is 16.6. The van der Waals surface area contributed by atoms with E-state index in [1.54, 1.807) is 12.1 Å². The fraction of sp³-hybridized carbons (Fsp3) is 0.259. The zero-order chi connectivity index (χ0) is 22.9. The van der Waals surface area contributed by atoms with E-state index in [0.29, 0.717) is 30.8 Å². The van der Waals surface area contributed by atoms with Crippen LogP contribution in [0.2, 0.25) is 0 Å². The Morgan fingerprint density at radius 1 is 0.939 bits per heavy atom. The van der Waals surface area contributed by atoms with Gasteiger partial charge in [0.15, 0.2) is 0 Å². The van der Waals surface area contributed by atoms with Gasteiger partial charge in [-0.05, 0) is 36.1 Å². The van der Waals surface area contributed by atoms with Gasteiger partial charge < -0.3 is 15.3 Å². The van der Waals surface area contributed by atoms with Gasteiger partial charge >= 0.3 is 0 Å². The molecule has 6 nitrogen and oxygen atoms in total. The first-order chi connectivity index (χ1) is 16.2. The summed E-state index contributed by atoms with van der Waals surface area (Å²) in [5.74, 6) is -0.189. The number of carbonyl (C=O) groups is 1. The minimum absolute atomic E-state index is 0.189. The molecule has 0 bridgehead atoms. The molecule has 1 saturated heterocycles. The average molecular weight is 444 g/mol. The molecule has 1 fully saturated rings. The number of ether oxygens (including phenoxy) is 1. The van der Waals surface area contributed by atoms with Crippen LogP contribution in [0, 0.1) is 0 Å². The largest absolute Gasteiger partial charge is 0.411 e. The van der Waals surface area contributed by atoms with Crippen molar-refractivity contribution in [3.8, 4) is 0 Å². The molecule has 3 aromatic carbocycles. The predicted octanol–water partition coefficient (Wildman–Crippen LogP) is 4.45. The molecule has 0 aromatic heterocycles. The molecule has 0 saturated carbocycles. The van der Waals surface area contributed by atoms with Crippen LogP contribution in [-0.4, -0.2) is 40.5 Å². The first-order valence-corrected chi connectivity index (χ1v) is 11.2. The second kappa shape index (κ2) is 11.4. The summed E-state index contributed by atoms with van der Waals surface area (Å²) in [5.41, 5.74) is 3.27. The summed E-state index contributed by atoms with van der Waals surface area (Å²) < 4.78 is 6.32. The normalized spacial score (nSPS) is 20.3. The van der Waals surface area contributed by atoms with E-state index in [0.717, 1.165) is 24.1 Å². The molecule has 4 rings (SSSR count). The topological polar surface area (TPSA) is 74.2 Å². The molecule has 33 heavy (non-hydrogen) atoms. The van der Waals surface area contributed by atoms with Crippen LogP contribution in [0.15, 0.2) is 96.2 Å². The fourth-order valence-electron chi connectivity index (χ4n) is 4.14. The molecule has 2 unspecified atom stereocenters. The molecule has 6 heteroatoms. The molecule has 1 aliphatic heterocycles. The summed E-state index contributed by atoms with van der Waals surface area (Å²) in [6.45, 7) is 1.73. The van der Waals surface area contributed by atoms with Crippen molar-refractivity contribution in [2.24, 2.45) is 5.16 Å². The van der Waals surface area contributed by atoms with Crippen LogP contribution in [0.3, 0.4) is 0 Å². The van der Waals surface area contributed by atoms with Gasteiger partial charge in [-0.25, -0.2) is 0 Å². The Bertz CT molecular complexity index is 1040. The smallest absolute Gasteiger partial charge is 0.252 e. The molecule has 3 aromatic rings. The third-order valence-electron chi connectivity index (χ3n) is 5.83. The summed E-state index contributed by atoms with van der Waals surface area (Å²) >= 11 is 0. The van der Waals surface area contributed by atoms with Gasteiger partial charge in [0.05, 0.1) is 12.3 Å². The number of hydrogen-bond acceptors (Lipinski definition) is 5. The van der Waals surface area contributed by atoms with Gasteiger partial charge in [0.2, 0.25) is 0 Å². The van der Waals surface area contributed by atoms with Crippen LogP contribution in [0.25, 0.3) is 0 Å². The zero-order valence-electron chi connectivity index (χ0n) is 18.5. The van der Waals surface area contributed by atoms with Crippen molar-refractivity contribution in [3.05, 3.63) is 108 Å². The van der Waals surface area contributed by atoms with Gasteiger partial charge in [-0.3, -0.25) is 9.69 Å². The quantitative estimate of drug-likeness (QED) is 0.418. The zero-order valence-corrected chi connectivity index (χ0v) is 18.5. The van der Waals surface area contributed by atoms with E-state index in [1.165, 1.54) is 0 Å². The molecule has 1 amide bonds. The van der Waals surface area contributed by atoms with Crippen LogP contribution in [0.5, 0.6) is 0 Å². The van der Waals surface area contributed by atoms with Crippen molar-refractivity contribution in [1.29, 1.82) is 0 Å². The fourth-order valence-corrected chi connectivity index (χ4v) is 4.14. The number of amides is 1. The van der Waals surface area contributed by atoms with E-state index in [1.807, 2.05) is 66.7 Å². The van der Waals surface area contributed by atoms with Crippen LogP contribution in [0.4, 0.5) is 0 Å². The molecule has 0 aliphatic carbocycles. The molecule has 0 radical (unpaired) electrons. The average Bonchev–Trinajstić information content (AvgIpc) is 3.03. The lowest BCUT2D eigenvalue weighted by molar-refractivity contribution is 0.00185. The number of nitrogens with one attached hydrogen (secondary N) is 1. The van der Waals surface area contributed by atoms with E-state index in [4.69, 9.17) is 4.74 Å². The van der Waals surface area contributed by atoms with Gasteiger partial charge in [0.1, 0.15) is 12.3 Å². The molecule has 2 atom stereocenters. The third-order valence-corrected chi connectivity index (χ3v) is 5.83. The summed E-state index contributed by atoms with van der Waals surface area (Å²) in [6.07, 6.45) is 0.317. The maximum absolute atomic E-state index is 13.1. The SMILES string of the molecule is O=C(NC1C(OCc2ccccc2)C(=NO)CCCN1Cc1ccccc1)c1ccccc1. The van der Waals surface area contributed by atoms with Crippen molar-refractivity contribution in [3.63, 3.8) is 0 Å². The van der Waals surface area contributed by atoms with Gasteiger partial charge in [-0.2, -0.15) is 0 Å². The maximum atomic E-state index is 13.1. The number of carbonyl (C=O) groups excluding carboxylic acids is 1. The number of likely N-dealkylation sites (tertiary alicyclic amines) is 1. The van der Waals surface area contributed by atoms with Crippen LogP contribution < -0.4 is 5.32 Å². The number of rotatable bonds is 7. The van der Waals surface area contributed by atoms with E-state index >= 15 is 0 Å². The van der Waals surface area contributed by atoms with Gasteiger partial charge in [-0.1, -0.05) is 84.0 Å². The number of benzene rings is 3. The number of nitrogens with zero attached hydrogens (tertiary/aromatic N) is 2. The minimum Gasteiger partial charge on any atom is -0.411 e. The lowest BCUT2D eigenvalue weighted by Gasteiger charge is -2.35. The lowest BCUT2D eigenvalue weighted by atomic mass is 10.1. The highest BCUT2D eigenvalue weighted by atomic mass is 16.5. The molecule has 170 valence electrons. The van der Waals surface area contributed by atoms with Gasteiger partial charge in [0, 0.05) is 18.7 Å². The van der Waals surface area contributed by atoms with E-state index < -0.39 is 12.3 Å². The molecule has 1 heterocycles. The van der Waals surface area contributed by atoms with Gasteiger partial charge in [0.25, 0.3) is 5.91 Å². The van der Waals surface area contributed by atoms with E-state index in [2.05, 4.69) is 27.5 Å². The number of oxime groups is 1. The van der Waals surface area contributed by atoms with Gasteiger partial charge in [-0.15, -0.1) is 0 Å². The third kappa shape index (κ3) is 6.06. The standard InChI is InChI=1S/C27H29N3O3/c31-27(23-15-8-3-9-16-23)28-26-25(33-20-22-13-6-2-7-14-22)24(29-32)17-10-18-30(26)19-21-11-4-1-5-12-21/h1-9,11-16,25-26,32H,10,17-20H2,(H,28,31). The van der Waals surface area contributed by atoms with Crippen LogP contribution in [0.1, 0.15) is 34.3 Å². The molecular formula is C27H29N3O3. The second-order valence-corrected chi connectivity index (χ2v) is 8.15. The Hall–Kier alpha value is -3.48. The Balaban J connectivity index is 1.63. The van der Waals surface area contributed by atoms with E-state index in [9.17, 15) is 10.0 Å². The molecule has 2 N–H and O–H groups in total. The summed E-state index contributed by atoms with van der Waals surface area (Å²) in [6, 6.07) is 29.1. The Labute approximate surface area is 194 Å². The lowest BCUT2D eigenvalue weighted by Crippen LogP contribution is -2.56. The van der Waals surface area contributed by atoms with Crippen molar-refractivity contribution in [2.45, 2.75) is 38.3 Å². The van der Waals surface area contributed by atoms with Crippen molar-refractivity contribution in [2.75, 3.05) is 6.54 Å². The summed E-state index contributed by atoms with van der Waals surface area (Å²) in [4.78, 5) is 15.3. The highest BCUT2D eigenvalue weighted by molar-refractivity contribution is 5.95. The Morgan fingerprint density at radius 2 is 1.55 bits per heavy atom.